The Bertz CT molecular complexity index is 405. The van der Waals surface area contributed by atoms with E-state index in [1.807, 2.05) is 13.1 Å². The van der Waals surface area contributed by atoms with Crippen LogP contribution in [0.2, 0.25) is 0 Å². The second-order valence-electron chi connectivity index (χ2n) is 4.95. The van der Waals surface area contributed by atoms with Gasteiger partial charge < -0.3 is 5.32 Å². The van der Waals surface area contributed by atoms with Crippen LogP contribution in [-0.2, 0) is 0 Å². The van der Waals surface area contributed by atoms with Gasteiger partial charge in [0.05, 0.1) is 0 Å². The molecule has 2 heteroatoms. The zero-order valence-electron chi connectivity index (χ0n) is 9.74. The average Bonchev–Trinajstić information content (AvgIpc) is 2.77. The van der Waals surface area contributed by atoms with Crippen molar-refractivity contribution in [1.29, 1.82) is 0 Å². The molecule has 1 N–H and O–H groups in total. The molecule has 0 saturated carbocycles. The van der Waals surface area contributed by atoms with Gasteiger partial charge in [0.2, 0.25) is 0 Å². The standard InChI is InChI=1S/C14H18N2/c1-10-2-3-13(9-16-10)12-5-4-11-6-7-15-14(11)8-12/h2-3,8-9,11,14-15H,4-7H2,1H3. The Labute approximate surface area is 96.8 Å². The minimum Gasteiger partial charge on any atom is -0.310 e. The van der Waals surface area contributed by atoms with Crippen LogP contribution in [0.1, 0.15) is 30.5 Å². The first-order valence-electron chi connectivity index (χ1n) is 6.20. The molecule has 2 nitrogen and oxygen atoms in total. The van der Waals surface area contributed by atoms with Crippen LogP contribution in [-0.4, -0.2) is 17.6 Å². The van der Waals surface area contributed by atoms with Gasteiger partial charge in [0, 0.05) is 17.9 Å². The van der Waals surface area contributed by atoms with E-state index in [2.05, 4.69) is 28.5 Å². The van der Waals surface area contributed by atoms with Crippen molar-refractivity contribution >= 4 is 5.57 Å². The number of allylic oxidation sites excluding steroid dienone is 1. The van der Waals surface area contributed by atoms with Gasteiger partial charge in [0.15, 0.2) is 0 Å². The monoisotopic (exact) mass is 214 g/mol. The van der Waals surface area contributed by atoms with Crippen LogP contribution in [0.4, 0.5) is 0 Å². The molecule has 0 bridgehead atoms. The predicted molar refractivity (Wildman–Crippen MR) is 66.1 cm³/mol. The maximum atomic E-state index is 4.38. The normalized spacial score (nSPS) is 28.7. The van der Waals surface area contributed by atoms with Crippen LogP contribution < -0.4 is 5.32 Å². The van der Waals surface area contributed by atoms with Gasteiger partial charge in [-0.3, -0.25) is 4.98 Å². The number of rotatable bonds is 1. The highest BCUT2D eigenvalue weighted by molar-refractivity contribution is 5.66. The summed E-state index contributed by atoms with van der Waals surface area (Å²) in [7, 11) is 0. The molecule has 84 valence electrons. The summed E-state index contributed by atoms with van der Waals surface area (Å²) in [4.78, 5) is 4.38. The summed E-state index contributed by atoms with van der Waals surface area (Å²) in [5.41, 5.74) is 3.87. The summed E-state index contributed by atoms with van der Waals surface area (Å²) < 4.78 is 0. The molecule has 2 atom stereocenters. The molecular weight excluding hydrogens is 196 g/mol. The Morgan fingerprint density at radius 3 is 3.06 bits per heavy atom. The highest BCUT2D eigenvalue weighted by Crippen LogP contribution is 2.33. The van der Waals surface area contributed by atoms with Gasteiger partial charge >= 0.3 is 0 Å². The van der Waals surface area contributed by atoms with Crippen LogP contribution in [0, 0.1) is 12.8 Å². The number of hydrogen-bond acceptors (Lipinski definition) is 2. The summed E-state index contributed by atoms with van der Waals surface area (Å²) in [6.45, 7) is 3.22. The molecule has 1 aromatic rings. The van der Waals surface area contributed by atoms with E-state index in [4.69, 9.17) is 0 Å². The minimum absolute atomic E-state index is 0.616. The second kappa shape index (κ2) is 4.02. The highest BCUT2D eigenvalue weighted by atomic mass is 14.9. The number of hydrogen-bond donors (Lipinski definition) is 1. The van der Waals surface area contributed by atoms with E-state index in [9.17, 15) is 0 Å². The Morgan fingerprint density at radius 2 is 2.25 bits per heavy atom. The maximum Gasteiger partial charge on any atom is 0.0373 e. The minimum atomic E-state index is 0.616. The second-order valence-corrected chi connectivity index (χ2v) is 4.95. The van der Waals surface area contributed by atoms with E-state index < -0.39 is 0 Å². The fourth-order valence-corrected chi connectivity index (χ4v) is 2.84. The first kappa shape index (κ1) is 10.0. The summed E-state index contributed by atoms with van der Waals surface area (Å²) >= 11 is 0. The topological polar surface area (TPSA) is 24.9 Å². The third kappa shape index (κ3) is 1.78. The van der Waals surface area contributed by atoms with Crippen molar-refractivity contribution in [2.75, 3.05) is 6.54 Å². The maximum absolute atomic E-state index is 4.38. The number of nitrogens with one attached hydrogen (secondary N) is 1. The zero-order chi connectivity index (χ0) is 11.0. The smallest absolute Gasteiger partial charge is 0.0373 e. The van der Waals surface area contributed by atoms with Gasteiger partial charge in [-0.1, -0.05) is 12.1 Å². The molecule has 2 heterocycles. The van der Waals surface area contributed by atoms with E-state index in [1.54, 1.807) is 0 Å². The summed E-state index contributed by atoms with van der Waals surface area (Å²) in [6.07, 6.45) is 8.33. The van der Waals surface area contributed by atoms with Crippen molar-refractivity contribution in [3.05, 3.63) is 35.7 Å². The first-order valence-corrected chi connectivity index (χ1v) is 6.20. The Kier molecular flexibility index (Phi) is 2.52. The van der Waals surface area contributed by atoms with Gasteiger partial charge in [0.1, 0.15) is 0 Å². The van der Waals surface area contributed by atoms with Gasteiger partial charge in [-0.05, 0) is 55.9 Å². The van der Waals surface area contributed by atoms with E-state index in [0.29, 0.717) is 6.04 Å². The molecule has 1 aromatic heterocycles. The molecule has 0 spiro atoms. The van der Waals surface area contributed by atoms with Gasteiger partial charge in [-0.2, -0.15) is 0 Å². The van der Waals surface area contributed by atoms with Crippen molar-refractivity contribution in [3.8, 4) is 0 Å². The van der Waals surface area contributed by atoms with Gasteiger partial charge in [0.25, 0.3) is 0 Å². The number of fused-ring (bicyclic) bond motifs is 1. The number of aromatic nitrogens is 1. The molecule has 1 fully saturated rings. The zero-order valence-corrected chi connectivity index (χ0v) is 9.74. The third-order valence-electron chi connectivity index (χ3n) is 3.85. The lowest BCUT2D eigenvalue weighted by Crippen LogP contribution is -2.27. The van der Waals surface area contributed by atoms with Crippen LogP contribution in [0.25, 0.3) is 5.57 Å². The van der Waals surface area contributed by atoms with E-state index >= 15 is 0 Å². The Balaban J connectivity index is 1.87. The fourth-order valence-electron chi connectivity index (χ4n) is 2.84. The number of aryl methyl sites for hydroxylation is 1. The Morgan fingerprint density at radius 1 is 1.31 bits per heavy atom. The largest absolute Gasteiger partial charge is 0.310 e. The first-order chi connectivity index (χ1) is 7.83. The lowest BCUT2D eigenvalue weighted by Gasteiger charge is -2.24. The molecular formula is C14H18N2. The highest BCUT2D eigenvalue weighted by Gasteiger charge is 2.28. The molecule has 0 radical (unpaired) electrons. The summed E-state index contributed by atoms with van der Waals surface area (Å²) in [6, 6.07) is 4.92. The molecule has 1 aliphatic carbocycles. The lowest BCUT2D eigenvalue weighted by atomic mass is 9.84. The number of nitrogens with zero attached hydrogens (tertiary/aromatic N) is 1. The van der Waals surface area contributed by atoms with Crippen molar-refractivity contribution in [2.45, 2.75) is 32.2 Å². The SMILES string of the molecule is Cc1ccc(C2=CC3NCCC3CC2)cn1. The lowest BCUT2D eigenvalue weighted by molar-refractivity contribution is 0.465. The predicted octanol–water partition coefficient (Wildman–Crippen LogP) is 2.55. The van der Waals surface area contributed by atoms with Crippen LogP contribution >= 0.6 is 0 Å². The molecule has 0 aromatic carbocycles. The van der Waals surface area contributed by atoms with Crippen LogP contribution in [0.15, 0.2) is 24.4 Å². The van der Waals surface area contributed by atoms with Crippen molar-refractivity contribution in [1.82, 2.24) is 10.3 Å². The molecule has 0 amide bonds. The quantitative estimate of drug-likeness (QED) is 0.777. The molecule has 16 heavy (non-hydrogen) atoms. The number of pyridine rings is 1. The summed E-state index contributed by atoms with van der Waals surface area (Å²) in [5, 5.41) is 3.57. The molecule has 1 saturated heterocycles. The van der Waals surface area contributed by atoms with E-state index in [0.717, 1.165) is 11.6 Å². The average molecular weight is 214 g/mol. The Hall–Kier alpha value is -1.15. The van der Waals surface area contributed by atoms with Crippen molar-refractivity contribution < 1.29 is 0 Å². The van der Waals surface area contributed by atoms with E-state index in [1.165, 1.54) is 36.9 Å². The molecule has 3 rings (SSSR count). The van der Waals surface area contributed by atoms with Crippen molar-refractivity contribution in [3.63, 3.8) is 0 Å². The van der Waals surface area contributed by atoms with Crippen LogP contribution in [0.3, 0.4) is 0 Å². The summed E-state index contributed by atoms with van der Waals surface area (Å²) in [5.74, 6) is 0.877. The van der Waals surface area contributed by atoms with Gasteiger partial charge in [-0.15, -0.1) is 0 Å². The van der Waals surface area contributed by atoms with Crippen LogP contribution in [0.5, 0.6) is 0 Å². The molecule has 2 aliphatic rings. The fraction of sp³-hybridized carbons (Fsp3) is 0.500. The third-order valence-corrected chi connectivity index (χ3v) is 3.85. The van der Waals surface area contributed by atoms with Crippen molar-refractivity contribution in [2.24, 2.45) is 5.92 Å². The molecule has 1 aliphatic heterocycles. The van der Waals surface area contributed by atoms with Gasteiger partial charge in [-0.25, -0.2) is 0 Å². The van der Waals surface area contributed by atoms with E-state index in [-0.39, 0.29) is 0 Å². The molecule has 2 unspecified atom stereocenters.